The van der Waals surface area contributed by atoms with Gasteiger partial charge in [-0.2, -0.15) is 0 Å². The van der Waals surface area contributed by atoms with Crippen LogP contribution in [-0.2, 0) is 0 Å². The Hall–Kier alpha value is -1.66. The Balaban J connectivity index is 1.72. The van der Waals surface area contributed by atoms with Gasteiger partial charge in [-0.15, -0.1) is 0 Å². The molecular weight excluding hydrogens is 527 g/mol. The van der Waals surface area contributed by atoms with Crippen molar-refractivity contribution in [1.29, 1.82) is 0 Å². The molecular formula is C39H59N2P. The molecule has 0 unspecified atom stereocenters. The molecule has 0 radical (unpaired) electrons. The third kappa shape index (κ3) is 5.42. The molecule has 2 aromatic carbocycles. The number of benzene rings is 2. The molecule has 0 N–H and O–H groups in total. The van der Waals surface area contributed by atoms with Crippen LogP contribution in [0.1, 0.15) is 130 Å². The Kier molecular flexibility index (Phi) is 9.22. The maximum absolute atomic E-state index is 2.98. The minimum Gasteiger partial charge on any atom is -0.326 e. The summed E-state index contributed by atoms with van der Waals surface area (Å²) in [5.74, 6) is 0. The van der Waals surface area contributed by atoms with Crippen LogP contribution < -0.4 is 9.80 Å². The third-order valence-corrected chi connectivity index (χ3v) is 18.1. The SMILES string of the molecule is Cc1cc(C)c(N2CCN(c3c(C)cc(C)cc3C)C2=P(C2CCCCC2)(C2CCCCC2)C2CCCCC2)c(C)c1. The standard InChI is InChI=1S/C39H59N2P/c1-28-24-30(3)37(31(4)25-28)40-22-23-41(38-32(5)26-29(2)27-33(38)6)39(40)42(34-16-10-7-11-17-34,35-18-12-8-13-19-35)36-20-14-9-15-21-36/h24-27,34-36H,7-23H2,1-6H3. The quantitative estimate of drug-likeness (QED) is 0.322. The van der Waals surface area contributed by atoms with E-state index in [0.29, 0.717) is 0 Å². The van der Waals surface area contributed by atoms with Crippen LogP contribution in [-0.4, -0.2) is 35.6 Å². The number of nitrogens with zero attached hydrogens (tertiary/aromatic N) is 2. The van der Waals surface area contributed by atoms with Gasteiger partial charge < -0.3 is 9.80 Å². The highest BCUT2D eigenvalue weighted by Gasteiger charge is 2.50. The third-order valence-electron chi connectivity index (χ3n) is 11.7. The first kappa shape index (κ1) is 30.4. The molecule has 2 nitrogen and oxygen atoms in total. The van der Waals surface area contributed by atoms with E-state index in [2.05, 4.69) is 75.6 Å². The average Bonchev–Trinajstić information content (AvgIpc) is 3.38. The van der Waals surface area contributed by atoms with Crippen molar-refractivity contribution in [3.63, 3.8) is 0 Å². The molecule has 230 valence electrons. The van der Waals surface area contributed by atoms with Gasteiger partial charge in [0, 0.05) is 24.5 Å². The molecule has 42 heavy (non-hydrogen) atoms. The van der Waals surface area contributed by atoms with E-state index in [-0.39, 0.29) is 0 Å². The summed E-state index contributed by atoms with van der Waals surface area (Å²) in [6, 6.07) is 9.86. The van der Waals surface area contributed by atoms with Crippen LogP contribution in [0, 0.1) is 41.5 Å². The lowest BCUT2D eigenvalue weighted by Crippen LogP contribution is -2.44. The van der Waals surface area contributed by atoms with Crippen molar-refractivity contribution in [2.75, 3.05) is 22.9 Å². The summed E-state index contributed by atoms with van der Waals surface area (Å²) in [6.07, 6.45) is 22.1. The minimum absolute atomic E-state index is 0.924. The summed E-state index contributed by atoms with van der Waals surface area (Å²) in [6.45, 7) is 14.9. The fourth-order valence-corrected chi connectivity index (χ4v) is 18.2. The van der Waals surface area contributed by atoms with E-state index in [9.17, 15) is 0 Å². The summed E-state index contributed by atoms with van der Waals surface area (Å²) < 4.78 is 0. The monoisotopic (exact) mass is 586 g/mol. The highest BCUT2D eigenvalue weighted by Crippen LogP contribution is 2.71. The van der Waals surface area contributed by atoms with Crippen molar-refractivity contribution < 1.29 is 0 Å². The predicted octanol–water partition coefficient (Wildman–Crippen LogP) is 11.0. The van der Waals surface area contributed by atoms with Crippen molar-refractivity contribution >= 4 is 23.8 Å². The summed E-state index contributed by atoms with van der Waals surface area (Å²) in [4.78, 5) is 5.96. The first-order valence-corrected chi connectivity index (χ1v) is 19.8. The molecule has 4 fully saturated rings. The molecule has 0 amide bonds. The summed E-state index contributed by atoms with van der Waals surface area (Å²) in [7, 11) is 0. The van der Waals surface area contributed by atoms with E-state index in [0.717, 1.165) is 30.1 Å². The molecule has 4 aliphatic rings. The number of hydrogen-bond acceptors (Lipinski definition) is 0. The van der Waals surface area contributed by atoms with Crippen LogP contribution >= 0.6 is 6.89 Å². The topological polar surface area (TPSA) is 6.48 Å². The van der Waals surface area contributed by atoms with Gasteiger partial charge in [0.15, 0.2) is 0 Å². The van der Waals surface area contributed by atoms with Gasteiger partial charge in [-0.05, 0) is 119 Å². The van der Waals surface area contributed by atoms with E-state index in [1.54, 1.807) is 11.4 Å². The molecule has 3 heteroatoms. The fraction of sp³-hybridized carbons (Fsp3) is 0.667. The maximum Gasteiger partial charge on any atom is 0.109 e. The molecule has 3 aliphatic carbocycles. The molecule has 2 aromatic rings. The van der Waals surface area contributed by atoms with Gasteiger partial charge in [0.25, 0.3) is 0 Å². The van der Waals surface area contributed by atoms with E-state index < -0.39 is 6.89 Å². The van der Waals surface area contributed by atoms with Crippen LogP contribution in [0.25, 0.3) is 0 Å². The van der Waals surface area contributed by atoms with Crippen LogP contribution in [0.5, 0.6) is 0 Å². The van der Waals surface area contributed by atoms with Crippen LogP contribution in [0.3, 0.4) is 0 Å². The molecule has 0 aromatic heterocycles. The summed E-state index contributed by atoms with van der Waals surface area (Å²) in [5, 5.41) is 0. The Bertz CT molecular complexity index is 1150. The smallest absolute Gasteiger partial charge is 0.109 e. The second-order valence-corrected chi connectivity index (χ2v) is 19.1. The van der Waals surface area contributed by atoms with E-state index in [1.807, 2.05) is 5.54 Å². The van der Waals surface area contributed by atoms with Gasteiger partial charge in [0.1, 0.15) is 5.54 Å². The molecule has 3 saturated carbocycles. The molecule has 0 bridgehead atoms. The molecule has 1 heterocycles. The lowest BCUT2D eigenvalue weighted by Gasteiger charge is -2.53. The Morgan fingerprint density at radius 2 is 0.738 bits per heavy atom. The largest absolute Gasteiger partial charge is 0.326 e. The molecule has 6 rings (SSSR count). The Labute approximate surface area is 258 Å². The first-order chi connectivity index (χ1) is 20.3. The van der Waals surface area contributed by atoms with Gasteiger partial charge in [0.05, 0.1) is 0 Å². The second kappa shape index (κ2) is 12.8. The zero-order valence-electron chi connectivity index (χ0n) is 27.9. The van der Waals surface area contributed by atoms with Gasteiger partial charge in [-0.3, -0.25) is 0 Å². The lowest BCUT2D eigenvalue weighted by molar-refractivity contribution is 0.458. The summed E-state index contributed by atoms with van der Waals surface area (Å²) >= 11 is 0. The van der Waals surface area contributed by atoms with Crippen LogP contribution in [0.15, 0.2) is 24.3 Å². The molecule has 1 saturated heterocycles. The number of rotatable bonds is 5. The fourth-order valence-electron chi connectivity index (χ4n) is 10.5. The molecule has 0 spiro atoms. The molecule has 1 aliphatic heterocycles. The van der Waals surface area contributed by atoms with Gasteiger partial charge in [-0.25, -0.2) is 0 Å². The Morgan fingerprint density at radius 3 is 1.02 bits per heavy atom. The summed E-state index contributed by atoms with van der Waals surface area (Å²) in [5.41, 5.74) is 16.5. The normalized spacial score (nSPS) is 21.9. The second-order valence-electron chi connectivity index (χ2n) is 14.8. The van der Waals surface area contributed by atoms with Crippen molar-refractivity contribution in [3.8, 4) is 0 Å². The van der Waals surface area contributed by atoms with E-state index >= 15 is 0 Å². The number of aryl methyl sites for hydroxylation is 6. The highest BCUT2D eigenvalue weighted by molar-refractivity contribution is 7.78. The van der Waals surface area contributed by atoms with Gasteiger partial charge in [-0.1, -0.05) is 100 Å². The van der Waals surface area contributed by atoms with Crippen LogP contribution in [0.4, 0.5) is 11.4 Å². The molecule has 0 atom stereocenters. The zero-order valence-corrected chi connectivity index (χ0v) is 28.8. The first-order valence-electron chi connectivity index (χ1n) is 17.8. The minimum atomic E-state index is -1.55. The van der Waals surface area contributed by atoms with Crippen molar-refractivity contribution in [2.45, 2.75) is 155 Å². The van der Waals surface area contributed by atoms with Crippen molar-refractivity contribution in [2.24, 2.45) is 0 Å². The van der Waals surface area contributed by atoms with Crippen molar-refractivity contribution in [1.82, 2.24) is 0 Å². The van der Waals surface area contributed by atoms with Gasteiger partial charge in [0.2, 0.25) is 0 Å². The number of hydrogen-bond donors (Lipinski definition) is 0. The highest BCUT2D eigenvalue weighted by atomic mass is 31.2. The average molecular weight is 587 g/mol. The zero-order chi connectivity index (χ0) is 29.4. The van der Waals surface area contributed by atoms with Gasteiger partial charge >= 0.3 is 0 Å². The van der Waals surface area contributed by atoms with E-state index in [4.69, 9.17) is 0 Å². The van der Waals surface area contributed by atoms with Crippen LogP contribution in [0.2, 0.25) is 0 Å². The maximum atomic E-state index is 2.98. The predicted molar refractivity (Wildman–Crippen MR) is 189 cm³/mol. The van der Waals surface area contributed by atoms with E-state index in [1.165, 1.54) is 130 Å². The van der Waals surface area contributed by atoms with Crippen molar-refractivity contribution in [3.05, 3.63) is 57.6 Å². The lowest BCUT2D eigenvalue weighted by atomic mass is 9.99. The Morgan fingerprint density at radius 1 is 0.452 bits per heavy atom. The number of anilines is 2.